The number of nitrogens with one attached hydrogen (secondary N) is 1. The molecule has 3 N–H and O–H groups in total. The Morgan fingerprint density at radius 2 is 1.71 bits per heavy atom. The number of anilines is 1. The summed E-state index contributed by atoms with van der Waals surface area (Å²) in [6.45, 7) is 15.6. The minimum absolute atomic E-state index is 0.177. The topological polar surface area (TPSA) is 87.1 Å². The summed E-state index contributed by atoms with van der Waals surface area (Å²) < 4.78 is 11.4. The number of aromatic nitrogens is 1. The molecule has 2 fully saturated rings. The van der Waals surface area contributed by atoms with Gasteiger partial charge in [0.1, 0.15) is 12.4 Å². The summed E-state index contributed by atoms with van der Waals surface area (Å²) in [5.41, 5.74) is 11.2. The Labute approximate surface area is 252 Å². The number of primary amides is 1. The summed E-state index contributed by atoms with van der Waals surface area (Å²) in [4.78, 5) is 23.4. The highest BCUT2D eigenvalue weighted by molar-refractivity contribution is 6.32. The standard InChI is InChI=1S/C33H40ClN5O3/c1-33(2,3)39-10-8-38(9-11-39)24-5-6-25-26-18-23(19-27(32(35)40)31(26)36-29(25)21-24)22-4-7-30(28(34)20-22)42-17-14-37-12-15-41-16-13-37/h4-7,18-21,36H,8-17H2,1-3H3,(H2,35,40). The second-order valence-corrected chi connectivity index (χ2v) is 12.7. The van der Waals surface area contributed by atoms with Crippen molar-refractivity contribution in [3.63, 3.8) is 0 Å². The zero-order chi connectivity index (χ0) is 29.4. The van der Waals surface area contributed by atoms with Gasteiger partial charge in [-0.25, -0.2) is 0 Å². The summed E-state index contributed by atoms with van der Waals surface area (Å²) >= 11 is 6.66. The van der Waals surface area contributed by atoms with E-state index in [1.165, 1.54) is 5.69 Å². The number of aromatic amines is 1. The van der Waals surface area contributed by atoms with Crippen molar-refractivity contribution in [2.45, 2.75) is 26.3 Å². The molecule has 2 aliphatic heterocycles. The Morgan fingerprint density at radius 1 is 0.952 bits per heavy atom. The number of hydrogen-bond donors (Lipinski definition) is 2. The van der Waals surface area contributed by atoms with Crippen molar-refractivity contribution in [3.8, 4) is 16.9 Å². The summed E-state index contributed by atoms with van der Waals surface area (Å²) in [7, 11) is 0. The van der Waals surface area contributed by atoms with Crippen LogP contribution in [0.1, 0.15) is 31.1 Å². The molecule has 0 unspecified atom stereocenters. The molecule has 1 aromatic heterocycles. The van der Waals surface area contributed by atoms with Crippen LogP contribution in [0.15, 0.2) is 48.5 Å². The predicted octanol–water partition coefficient (Wildman–Crippen LogP) is 5.37. The first-order valence-electron chi connectivity index (χ1n) is 14.8. The molecule has 4 aromatic rings. The van der Waals surface area contributed by atoms with Gasteiger partial charge in [-0.15, -0.1) is 0 Å². The number of H-pyrrole nitrogens is 1. The van der Waals surface area contributed by atoms with Crippen LogP contribution in [0.2, 0.25) is 5.02 Å². The number of piperazine rings is 1. The molecule has 222 valence electrons. The van der Waals surface area contributed by atoms with Crippen LogP contribution in [-0.2, 0) is 4.74 Å². The third-order valence-electron chi connectivity index (χ3n) is 8.58. The quantitative estimate of drug-likeness (QED) is 0.301. The van der Waals surface area contributed by atoms with Crippen molar-refractivity contribution >= 4 is 45.0 Å². The zero-order valence-corrected chi connectivity index (χ0v) is 25.5. The summed E-state index contributed by atoms with van der Waals surface area (Å²) in [6.07, 6.45) is 0. The number of benzene rings is 3. The zero-order valence-electron chi connectivity index (χ0n) is 24.7. The fraction of sp³-hybridized carbons (Fsp3) is 0.424. The highest BCUT2D eigenvalue weighted by Gasteiger charge is 2.26. The van der Waals surface area contributed by atoms with Gasteiger partial charge >= 0.3 is 0 Å². The van der Waals surface area contributed by atoms with Crippen LogP contribution in [0, 0.1) is 0 Å². The molecule has 2 aliphatic rings. The number of nitrogens with zero attached hydrogens (tertiary/aromatic N) is 3. The van der Waals surface area contributed by atoms with Crippen LogP contribution >= 0.6 is 11.6 Å². The minimum Gasteiger partial charge on any atom is -0.491 e. The first-order chi connectivity index (χ1) is 20.2. The molecular formula is C33H40ClN5O3. The molecular weight excluding hydrogens is 550 g/mol. The fourth-order valence-corrected chi connectivity index (χ4v) is 6.33. The van der Waals surface area contributed by atoms with E-state index in [1.807, 2.05) is 24.3 Å². The summed E-state index contributed by atoms with van der Waals surface area (Å²) in [6, 6.07) is 16.2. The number of nitrogens with two attached hydrogens (primary N) is 1. The SMILES string of the molecule is CC(C)(C)N1CCN(c2ccc3c(c2)[nH]c2c(C(N)=O)cc(-c4ccc(OCCN5CCOCC5)c(Cl)c4)cc23)CC1. The van der Waals surface area contributed by atoms with Gasteiger partial charge in [0.25, 0.3) is 5.91 Å². The van der Waals surface area contributed by atoms with Gasteiger partial charge in [-0.3, -0.25) is 14.6 Å². The van der Waals surface area contributed by atoms with Gasteiger partial charge in [0.05, 0.1) is 29.3 Å². The largest absolute Gasteiger partial charge is 0.491 e. The Hall–Kier alpha value is -3.30. The Bertz CT molecular complexity index is 1600. The number of halogens is 1. The van der Waals surface area contributed by atoms with E-state index >= 15 is 0 Å². The molecule has 2 saturated heterocycles. The number of carbonyl (C=O) groups is 1. The normalized spacial score (nSPS) is 17.3. The van der Waals surface area contributed by atoms with Crippen molar-refractivity contribution < 1.29 is 14.3 Å². The molecule has 42 heavy (non-hydrogen) atoms. The third-order valence-corrected chi connectivity index (χ3v) is 8.88. The molecule has 1 amide bonds. The van der Waals surface area contributed by atoms with Crippen molar-refractivity contribution in [1.82, 2.24) is 14.8 Å². The number of hydrogen-bond acceptors (Lipinski definition) is 6. The summed E-state index contributed by atoms with van der Waals surface area (Å²) in [5, 5.41) is 2.55. The van der Waals surface area contributed by atoms with Crippen molar-refractivity contribution in [2.75, 3.05) is 70.5 Å². The van der Waals surface area contributed by atoms with E-state index in [2.05, 4.69) is 64.7 Å². The minimum atomic E-state index is -0.471. The number of fused-ring (bicyclic) bond motifs is 3. The lowest BCUT2D eigenvalue weighted by atomic mass is 9.98. The fourth-order valence-electron chi connectivity index (χ4n) is 6.09. The average molecular weight is 590 g/mol. The molecule has 0 bridgehead atoms. The van der Waals surface area contributed by atoms with Gasteiger partial charge < -0.3 is 25.1 Å². The van der Waals surface area contributed by atoms with Crippen molar-refractivity contribution in [2.24, 2.45) is 5.73 Å². The Kier molecular flexibility index (Phi) is 8.07. The van der Waals surface area contributed by atoms with Gasteiger partial charge in [-0.05, 0) is 68.3 Å². The van der Waals surface area contributed by atoms with E-state index < -0.39 is 5.91 Å². The second-order valence-electron chi connectivity index (χ2n) is 12.3. The summed E-state index contributed by atoms with van der Waals surface area (Å²) in [5.74, 6) is 0.175. The number of rotatable bonds is 7. The first kappa shape index (κ1) is 28.8. The molecule has 3 aromatic carbocycles. The third kappa shape index (κ3) is 5.95. The number of ether oxygens (including phenoxy) is 2. The van der Waals surface area contributed by atoms with Gasteiger partial charge in [0.2, 0.25) is 0 Å². The maximum atomic E-state index is 12.6. The molecule has 0 saturated carbocycles. The van der Waals surface area contributed by atoms with Gasteiger partial charge in [-0.1, -0.05) is 23.7 Å². The van der Waals surface area contributed by atoms with E-state index in [1.54, 1.807) is 0 Å². The Morgan fingerprint density at radius 3 is 2.40 bits per heavy atom. The van der Waals surface area contributed by atoms with Crippen LogP contribution < -0.4 is 15.4 Å². The molecule has 3 heterocycles. The van der Waals surface area contributed by atoms with Gasteiger partial charge in [0, 0.05) is 73.3 Å². The average Bonchev–Trinajstić information content (AvgIpc) is 3.35. The van der Waals surface area contributed by atoms with Gasteiger partial charge in [0.15, 0.2) is 0 Å². The predicted molar refractivity (Wildman–Crippen MR) is 171 cm³/mol. The van der Waals surface area contributed by atoms with E-state index in [0.717, 1.165) is 92.0 Å². The molecule has 9 heteroatoms. The molecule has 8 nitrogen and oxygen atoms in total. The lowest BCUT2D eigenvalue weighted by Crippen LogP contribution is -2.53. The number of amides is 1. The molecule has 0 radical (unpaired) electrons. The maximum absolute atomic E-state index is 12.6. The smallest absolute Gasteiger partial charge is 0.250 e. The monoisotopic (exact) mass is 589 g/mol. The molecule has 6 rings (SSSR count). The first-order valence-corrected chi connectivity index (χ1v) is 15.2. The van der Waals surface area contributed by atoms with Crippen LogP contribution in [0.25, 0.3) is 32.9 Å². The highest BCUT2D eigenvalue weighted by Crippen LogP contribution is 2.37. The number of carbonyl (C=O) groups excluding carboxylic acids is 1. The Balaban J connectivity index is 1.25. The lowest BCUT2D eigenvalue weighted by Gasteiger charge is -2.43. The molecule has 0 aliphatic carbocycles. The van der Waals surface area contributed by atoms with E-state index in [9.17, 15) is 4.79 Å². The highest BCUT2D eigenvalue weighted by atomic mass is 35.5. The lowest BCUT2D eigenvalue weighted by molar-refractivity contribution is 0.0322. The van der Waals surface area contributed by atoms with Crippen molar-refractivity contribution in [1.29, 1.82) is 0 Å². The van der Waals surface area contributed by atoms with E-state index in [4.69, 9.17) is 26.8 Å². The van der Waals surface area contributed by atoms with E-state index in [-0.39, 0.29) is 5.54 Å². The second kappa shape index (κ2) is 11.8. The van der Waals surface area contributed by atoms with Gasteiger partial charge in [-0.2, -0.15) is 0 Å². The van der Waals surface area contributed by atoms with E-state index in [0.29, 0.717) is 22.9 Å². The van der Waals surface area contributed by atoms with Crippen LogP contribution in [0.3, 0.4) is 0 Å². The molecule has 0 spiro atoms. The van der Waals surface area contributed by atoms with Crippen LogP contribution in [0.5, 0.6) is 5.75 Å². The molecule has 0 atom stereocenters. The van der Waals surface area contributed by atoms with Crippen LogP contribution in [0.4, 0.5) is 5.69 Å². The van der Waals surface area contributed by atoms with Crippen LogP contribution in [-0.4, -0.2) is 91.9 Å². The maximum Gasteiger partial charge on any atom is 0.250 e. The van der Waals surface area contributed by atoms with Crippen molar-refractivity contribution in [3.05, 3.63) is 59.1 Å². The number of morpholine rings is 1.